The fourth-order valence-corrected chi connectivity index (χ4v) is 2.90. The van der Waals surface area contributed by atoms with Crippen LogP contribution in [0.4, 0.5) is 5.69 Å². The molecule has 0 radical (unpaired) electrons. The Morgan fingerprint density at radius 2 is 1.77 bits per heavy atom. The number of rotatable bonds is 3. The van der Waals surface area contributed by atoms with Crippen LogP contribution in [0, 0.1) is 0 Å². The van der Waals surface area contributed by atoms with Gasteiger partial charge in [-0.1, -0.05) is 48.5 Å². The smallest absolute Gasteiger partial charge is 0.230 e. The summed E-state index contributed by atoms with van der Waals surface area (Å²) in [6, 6.07) is 18.3. The van der Waals surface area contributed by atoms with Gasteiger partial charge in [0.15, 0.2) is 0 Å². The standard InChI is InChI=1S/C19H22N2O/c1-19(2,15-9-4-3-5-10-15)18(22)21-16-12-14-8-6-7-11-17(14)20-13-16/h3-11,16,20H,12-13H2,1-2H3,(H,21,22). The second kappa shape index (κ2) is 5.84. The van der Waals surface area contributed by atoms with Gasteiger partial charge in [-0.05, 0) is 37.5 Å². The van der Waals surface area contributed by atoms with E-state index < -0.39 is 5.41 Å². The first-order valence-electron chi connectivity index (χ1n) is 7.75. The number of amides is 1. The highest BCUT2D eigenvalue weighted by atomic mass is 16.2. The Kier molecular flexibility index (Phi) is 3.88. The second-order valence-corrected chi connectivity index (χ2v) is 6.40. The maximum atomic E-state index is 12.7. The molecule has 3 nitrogen and oxygen atoms in total. The lowest BCUT2D eigenvalue weighted by Crippen LogP contribution is -2.49. The molecule has 0 bridgehead atoms. The van der Waals surface area contributed by atoms with Crippen LogP contribution in [0.15, 0.2) is 54.6 Å². The molecule has 0 saturated heterocycles. The highest BCUT2D eigenvalue weighted by molar-refractivity contribution is 5.87. The van der Waals surface area contributed by atoms with Crippen molar-refractivity contribution in [2.24, 2.45) is 0 Å². The van der Waals surface area contributed by atoms with E-state index in [-0.39, 0.29) is 11.9 Å². The van der Waals surface area contributed by atoms with Gasteiger partial charge in [-0.25, -0.2) is 0 Å². The molecular formula is C19H22N2O. The fourth-order valence-electron chi connectivity index (χ4n) is 2.90. The lowest BCUT2D eigenvalue weighted by molar-refractivity contribution is -0.126. The molecular weight excluding hydrogens is 272 g/mol. The third-order valence-corrected chi connectivity index (χ3v) is 4.42. The zero-order valence-corrected chi connectivity index (χ0v) is 13.1. The van der Waals surface area contributed by atoms with E-state index in [0.29, 0.717) is 0 Å². The molecule has 2 aromatic carbocycles. The molecule has 1 amide bonds. The number of hydrogen-bond acceptors (Lipinski definition) is 2. The molecule has 1 unspecified atom stereocenters. The van der Waals surface area contributed by atoms with Gasteiger partial charge in [0.1, 0.15) is 0 Å². The van der Waals surface area contributed by atoms with Gasteiger partial charge in [0.2, 0.25) is 5.91 Å². The van der Waals surface area contributed by atoms with E-state index in [9.17, 15) is 4.79 Å². The zero-order valence-electron chi connectivity index (χ0n) is 13.1. The van der Waals surface area contributed by atoms with Crippen molar-refractivity contribution in [1.82, 2.24) is 5.32 Å². The molecule has 2 N–H and O–H groups in total. The highest BCUT2D eigenvalue weighted by Gasteiger charge is 2.31. The average molecular weight is 294 g/mol. The molecule has 3 rings (SSSR count). The van der Waals surface area contributed by atoms with Gasteiger partial charge in [0.05, 0.1) is 11.5 Å². The Hall–Kier alpha value is -2.29. The first-order chi connectivity index (χ1) is 10.6. The molecule has 2 aromatic rings. The molecule has 114 valence electrons. The van der Waals surface area contributed by atoms with Crippen LogP contribution in [0.25, 0.3) is 0 Å². The Morgan fingerprint density at radius 3 is 2.55 bits per heavy atom. The van der Waals surface area contributed by atoms with Gasteiger partial charge in [0, 0.05) is 12.2 Å². The maximum Gasteiger partial charge on any atom is 0.230 e. The number of benzene rings is 2. The molecule has 22 heavy (non-hydrogen) atoms. The lowest BCUT2D eigenvalue weighted by atomic mass is 9.83. The number of nitrogens with one attached hydrogen (secondary N) is 2. The van der Waals surface area contributed by atoms with E-state index >= 15 is 0 Å². The summed E-state index contributed by atoms with van der Waals surface area (Å²) >= 11 is 0. The summed E-state index contributed by atoms with van der Waals surface area (Å²) in [7, 11) is 0. The van der Waals surface area contributed by atoms with E-state index in [4.69, 9.17) is 0 Å². The molecule has 3 heteroatoms. The summed E-state index contributed by atoms with van der Waals surface area (Å²) < 4.78 is 0. The van der Waals surface area contributed by atoms with Gasteiger partial charge in [0.25, 0.3) is 0 Å². The van der Waals surface area contributed by atoms with Crippen LogP contribution in [0.3, 0.4) is 0 Å². The summed E-state index contributed by atoms with van der Waals surface area (Å²) in [4.78, 5) is 12.7. The van der Waals surface area contributed by atoms with Gasteiger partial charge in [-0.2, -0.15) is 0 Å². The summed E-state index contributed by atoms with van der Waals surface area (Å²) in [6.45, 7) is 4.72. The van der Waals surface area contributed by atoms with Crippen LogP contribution in [-0.4, -0.2) is 18.5 Å². The Balaban J connectivity index is 1.70. The van der Waals surface area contributed by atoms with Crippen LogP contribution < -0.4 is 10.6 Å². The third-order valence-electron chi connectivity index (χ3n) is 4.42. The zero-order chi connectivity index (χ0) is 15.6. The van der Waals surface area contributed by atoms with Gasteiger partial charge >= 0.3 is 0 Å². The highest BCUT2D eigenvalue weighted by Crippen LogP contribution is 2.25. The van der Waals surface area contributed by atoms with Crippen molar-refractivity contribution in [2.45, 2.75) is 31.7 Å². The average Bonchev–Trinajstić information content (AvgIpc) is 2.55. The minimum absolute atomic E-state index is 0.0740. The molecule has 1 atom stereocenters. The number of para-hydroxylation sites is 1. The van der Waals surface area contributed by atoms with Crippen molar-refractivity contribution < 1.29 is 4.79 Å². The molecule has 0 aromatic heterocycles. The molecule has 0 spiro atoms. The van der Waals surface area contributed by atoms with Crippen molar-refractivity contribution in [2.75, 3.05) is 11.9 Å². The first kappa shape index (κ1) is 14.6. The summed E-state index contributed by atoms with van der Waals surface area (Å²) in [5, 5.41) is 6.59. The third kappa shape index (κ3) is 2.84. The topological polar surface area (TPSA) is 41.1 Å². The van der Waals surface area contributed by atoms with Gasteiger partial charge in [-0.3, -0.25) is 4.79 Å². The Labute approximate surface area is 131 Å². The van der Waals surface area contributed by atoms with Gasteiger partial charge < -0.3 is 10.6 Å². The molecule has 0 fully saturated rings. The quantitative estimate of drug-likeness (QED) is 0.913. The number of fused-ring (bicyclic) bond motifs is 1. The summed E-state index contributed by atoms with van der Waals surface area (Å²) in [6.07, 6.45) is 0.875. The lowest BCUT2D eigenvalue weighted by Gasteiger charge is -2.31. The van der Waals surface area contributed by atoms with Gasteiger partial charge in [-0.15, -0.1) is 0 Å². The Bertz CT molecular complexity index is 664. The predicted molar refractivity (Wildman–Crippen MR) is 90.0 cm³/mol. The van der Waals surface area contributed by atoms with E-state index in [1.165, 1.54) is 11.3 Å². The SMILES string of the molecule is CC(C)(C(=O)NC1CNc2ccccc2C1)c1ccccc1. The van der Waals surface area contributed by atoms with Crippen LogP contribution in [0.1, 0.15) is 25.0 Å². The second-order valence-electron chi connectivity index (χ2n) is 6.40. The van der Waals surface area contributed by atoms with E-state index in [0.717, 1.165) is 18.5 Å². The van der Waals surface area contributed by atoms with Crippen molar-refractivity contribution in [3.8, 4) is 0 Å². The summed E-state index contributed by atoms with van der Waals surface area (Å²) in [5.74, 6) is 0.0740. The molecule has 1 heterocycles. The van der Waals surface area contributed by atoms with E-state index in [2.05, 4.69) is 22.8 Å². The fraction of sp³-hybridized carbons (Fsp3) is 0.316. The summed E-state index contributed by atoms with van der Waals surface area (Å²) in [5.41, 5.74) is 2.95. The minimum Gasteiger partial charge on any atom is -0.383 e. The number of anilines is 1. The van der Waals surface area contributed by atoms with Crippen LogP contribution in [-0.2, 0) is 16.6 Å². The number of hydrogen-bond donors (Lipinski definition) is 2. The van der Waals surface area contributed by atoms with Crippen molar-refractivity contribution in [1.29, 1.82) is 0 Å². The van der Waals surface area contributed by atoms with Crippen molar-refractivity contribution in [3.63, 3.8) is 0 Å². The van der Waals surface area contributed by atoms with Crippen LogP contribution in [0.5, 0.6) is 0 Å². The van der Waals surface area contributed by atoms with Crippen LogP contribution >= 0.6 is 0 Å². The molecule has 1 aliphatic heterocycles. The van der Waals surface area contributed by atoms with E-state index in [1.807, 2.05) is 56.3 Å². The molecule has 0 saturated carbocycles. The Morgan fingerprint density at radius 1 is 1.09 bits per heavy atom. The normalized spacial score (nSPS) is 17.3. The number of carbonyl (C=O) groups excluding carboxylic acids is 1. The van der Waals surface area contributed by atoms with Crippen molar-refractivity contribution in [3.05, 3.63) is 65.7 Å². The predicted octanol–water partition coefficient (Wildman–Crippen LogP) is 3.12. The largest absolute Gasteiger partial charge is 0.383 e. The number of carbonyl (C=O) groups is 1. The van der Waals surface area contributed by atoms with E-state index in [1.54, 1.807) is 0 Å². The monoisotopic (exact) mass is 294 g/mol. The maximum absolute atomic E-state index is 12.7. The minimum atomic E-state index is -0.530. The molecule has 1 aliphatic rings. The molecule has 0 aliphatic carbocycles. The van der Waals surface area contributed by atoms with Crippen molar-refractivity contribution >= 4 is 11.6 Å². The first-order valence-corrected chi connectivity index (χ1v) is 7.75. The van der Waals surface area contributed by atoms with Crippen LogP contribution in [0.2, 0.25) is 0 Å².